The second-order valence-corrected chi connectivity index (χ2v) is 8.60. The van der Waals surface area contributed by atoms with Crippen LogP contribution in [-0.4, -0.2) is 87.9 Å². The topological polar surface area (TPSA) is 65.3 Å². The van der Waals surface area contributed by atoms with Crippen LogP contribution in [-0.2, 0) is 11.2 Å². The number of aliphatic imine (C=N–C) groups is 1. The van der Waals surface area contributed by atoms with Gasteiger partial charge in [0.2, 0.25) is 0 Å². The number of hydrogen-bond acceptors (Lipinski definition) is 5. The molecule has 2 aliphatic heterocycles. The molecule has 0 unspecified atom stereocenters. The predicted molar refractivity (Wildman–Crippen MR) is 137 cm³/mol. The molecule has 31 heavy (non-hydrogen) atoms. The lowest BCUT2D eigenvalue weighted by Gasteiger charge is -2.29. The van der Waals surface area contributed by atoms with Crippen molar-refractivity contribution in [3.63, 3.8) is 0 Å². The highest BCUT2D eigenvalue weighted by molar-refractivity contribution is 14.0. The zero-order chi connectivity index (χ0) is 20.9. The third-order valence-electron chi connectivity index (χ3n) is 6.07. The Kier molecular flexibility index (Phi) is 13.5. The number of piperidine rings is 1. The molecule has 3 rings (SSSR count). The smallest absolute Gasteiger partial charge is 0.191 e. The molecule has 0 radical (unpaired) electrons. The van der Waals surface area contributed by atoms with Crippen LogP contribution in [0.1, 0.15) is 38.4 Å². The zero-order valence-corrected chi connectivity index (χ0v) is 21.5. The summed E-state index contributed by atoms with van der Waals surface area (Å²) in [7, 11) is 0. The molecule has 2 fully saturated rings. The van der Waals surface area contributed by atoms with Gasteiger partial charge in [0.1, 0.15) is 5.76 Å². The molecule has 7 nitrogen and oxygen atoms in total. The highest BCUT2D eigenvalue weighted by Gasteiger charge is 2.14. The van der Waals surface area contributed by atoms with Crippen LogP contribution in [0.5, 0.6) is 0 Å². The lowest BCUT2D eigenvalue weighted by molar-refractivity contribution is 0.0376. The first-order valence-electron chi connectivity index (χ1n) is 11.9. The van der Waals surface area contributed by atoms with Gasteiger partial charge in [-0.15, -0.1) is 24.0 Å². The summed E-state index contributed by atoms with van der Waals surface area (Å²) in [6.45, 7) is 13.6. The van der Waals surface area contributed by atoms with Crippen LogP contribution >= 0.6 is 24.0 Å². The van der Waals surface area contributed by atoms with E-state index in [0.29, 0.717) is 0 Å². The number of nitrogens with zero attached hydrogens (tertiary/aromatic N) is 3. The molecule has 8 heteroatoms. The molecule has 0 amide bonds. The van der Waals surface area contributed by atoms with E-state index in [-0.39, 0.29) is 24.0 Å². The molecule has 0 atom stereocenters. The maximum atomic E-state index is 5.43. The van der Waals surface area contributed by atoms with E-state index < -0.39 is 0 Å². The lowest BCUT2D eigenvalue weighted by atomic mass is 9.99. The van der Waals surface area contributed by atoms with Crippen LogP contribution in [0, 0.1) is 5.92 Å². The normalized spacial score (nSPS) is 19.2. The van der Waals surface area contributed by atoms with E-state index in [1.54, 1.807) is 6.26 Å². The van der Waals surface area contributed by atoms with E-state index in [2.05, 4.69) is 27.4 Å². The monoisotopic (exact) mass is 547 g/mol. The molecule has 0 spiro atoms. The van der Waals surface area contributed by atoms with Crippen LogP contribution in [0.4, 0.5) is 0 Å². The van der Waals surface area contributed by atoms with E-state index in [1.165, 1.54) is 25.9 Å². The van der Waals surface area contributed by atoms with Gasteiger partial charge in [-0.05, 0) is 69.9 Å². The van der Waals surface area contributed by atoms with Crippen LogP contribution in [0.3, 0.4) is 0 Å². The largest absolute Gasteiger partial charge is 0.469 e. The first-order chi connectivity index (χ1) is 14.8. The minimum absolute atomic E-state index is 0. The Bertz CT molecular complexity index is 585. The Morgan fingerprint density at radius 1 is 1.03 bits per heavy atom. The van der Waals surface area contributed by atoms with E-state index in [0.717, 1.165) is 95.9 Å². The predicted octanol–water partition coefficient (Wildman–Crippen LogP) is 2.82. The second kappa shape index (κ2) is 15.9. The van der Waals surface area contributed by atoms with Gasteiger partial charge in [-0.25, -0.2) is 0 Å². The first kappa shape index (κ1) is 26.4. The summed E-state index contributed by atoms with van der Waals surface area (Å²) in [4.78, 5) is 9.90. The molecule has 2 aliphatic rings. The molecule has 2 N–H and O–H groups in total. The third kappa shape index (κ3) is 11.0. The van der Waals surface area contributed by atoms with Gasteiger partial charge in [-0.1, -0.05) is 6.92 Å². The fourth-order valence-corrected chi connectivity index (χ4v) is 4.04. The molecule has 0 bridgehead atoms. The van der Waals surface area contributed by atoms with Gasteiger partial charge >= 0.3 is 0 Å². The summed E-state index contributed by atoms with van der Waals surface area (Å²) in [6.07, 6.45) is 7.52. The quantitative estimate of drug-likeness (QED) is 0.192. The molecule has 0 aromatic carbocycles. The number of rotatable bonds is 11. The van der Waals surface area contributed by atoms with E-state index in [9.17, 15) is 0 Å². The average Bonchev–Trinajstić information content (AvgIpc) is 3.29. The van der Waals surface area contributed by atoms with Crippen molar-refractivity contribution >= 4 is 29.9 Å². The summed E-state index contributed by atoms with van der Waals surface area (Å²) in [5, 5.41) is 6.99. The number of furan rings is 1. The first-order valence-corrected chi connectivity index (χ1v) is 11.9. The van der Waals surface area contributed by atoms with Crippen molar-refractivity contribution in [1.82, 2.24) is 20.4 Å². The van der Waals surface area contributed by atoms with Crippen LogP contribution in [0.15, 0.2) is 27.8 Å². The van der Waals surface area contributed by atoms with Crippen molar-refractivity contribution in [3.8, 4) is 0 Å². The summed E-state index contributed by atoms with van der Waals surface area (Å²) >= 11 is 0. The fraction of sp³-hybridized carbons (Fsp3) is 0.783. The van der Waals surface area contributed by atoms with Crippen molar-refractivity contribution in [2.24, 2.45) is 10.9 Å². The molecule has 3 heterocycles. The molecule has 0 aliphatic carbocycles. The number of ether oxygens (including phenoxy) is 1. The second-order valence-electron chi connectivity index (χ2n) is 8.60. The van der Waals surface area contributed by atoms with Crippen LogP contribution < -0.4 is 10.6 Å². The van der Waals surface area contributed by atoms with Crippen molar-refractivity contribution < 1.29 is 9.15 Å². The summed E-state index contributed by atoms with van der Waals surface area (Å²) < 4.78 is 10.9. The Hall–Kier alpha value is -0.840. The average molecular weight is 548 g/mol. The Morgan fingerprint density at radius 3 is 2.48 bits per heavy atom. The zero-order valence-electron chi connectivity index (χ0n) is 19.2. The number of guanidine groups is 1. The minimum Gasteiger partial charge on any atom is -0.469 e. The van der Waals surface area contributed by atoms with E-state index in [1.807, 2.05) is 12.1 Å². The van der Waals surface area contributed by atoms with Crippen molar-refractivity contribution in [3.05, 3.63) is 24.2 Å². The molecule has 1 aromatic heterocycles. The minimum atomic E-state index is 0. The summed E-state index contributed by atoms with van der Waals surface area (Å²) in [6, 6.07) is 3.96. The van der Waals surface area contributed by atoms with Gasteiger partial charge in [0.05, 0.1) is 19.5 Å². The SMILES string of the molecule is CC1CCN(CCCN=C(NCCCN2CCOCC2)NCCc2ccco2)CC1.I. The Labute approximate surface area is 205 Å². The van der Waals surface area contributed by atoms with Gasteiger partial charge in [-0.3, -0.25) is 9.89 Å². The highest BCUT2D eigenvalue weighted by Crippen LogP contribution is 2.15. The van der Waals surface area contributed by atoms with Gasteiger partial charge in [-0.2, -0.15) is 0 Å². The third-order valence-corrected chi connectivity index (χ3v) is 6.07. The van der Waals surface area contributed by atoms with Gasteiger partial charge in [0.15, 0.2) is 5.96 Å². The fourth-order valence-electron chi connectivity index (χ4n) is 4.04. The molecular weight excluding hydrogens is 505 g/mol. The number of morpholine rings is 1. The standard InChI is InChI=1S/C23H41N5O2.HI/c1-21-7-14-27(15-8-21)12-3-9-24-23(26-11-6-22-5-2-18-30-22)25-10-4-13-28-16-19-29-20-17-28;/h2,5,18,21H,3-4,6-17,19-20H2,1H3,(H2,24,25,26);1H. The molecule has 178 valence electrons. The Balaban J connectivity index is 0.00000341. The van der Waals surface area contributed by atoms with Crippen molar-refractivity contribution in [2.75, 3.05) is 72.1 Å². The highest BCUT2D eigenvalue weighted by atomic mass is 127. The lowest BCUT2D eigenvalue weighted by Crippen LogP contribution is -2.41. The van der Waals surface area contributed by atoms with E-state index in [4.69, 9.17) is 14.1 Å². The van der Waals surface area contributed by atoms with Crippen molar-refractivity contribution in [1.29, 1.82) is 0 Å². The van der Waals surface area contributed by atoms with Gasteiger partial charge in [0.25, 0.3) is 0 Å². The van der Waals surface area contributed by atoms with Gasteiger partial charge in [0, 0.05) is 39.1 Å². The summed E-state index contributed by atoms with van der Waals surface area (Å²) in [5.41, 5.74) is 0. The number of likely N-dealkylation sites (tertiary alicyclic amines) is 1. The van der Waals surface area contributed by atoms with Crippen LogP contribution in [0.2, 0.25) is 0 Å². The van der Waals surface area contributed by atoms with Crippen molar-refractivity contribution in [2.45, 2.75) is 39.0 Å². The molecule has 2 saturated heterocycles. The molecule has 0 saturated carbocycles. The summed E-state index contributed by atoms with van der Waals surface area (Å²) in [5.74, 6) is 2.83. The molecule has 1 aromatic rings. The molecular formula is C23H42IN5O2. The maximum Gasteiger partial charge on any atom is 0.191 e. The number of hydrogen-bond donors (Lipinski definition) is 2. The van der Waals surface area contributed by atoms with Gasteiger partial charge < -0.3 is 24.7 Å². The Morgan fingerprint density at radius 2 is 1.74 bits per heavy atom. The van der Waals surface area contributed by atoms with Crippen LogP contribution in [0.25, 0.3) is 0 Å². The number of nitrogens with one attached hydrogen (secondary N) is 2. The van der Waals surface area contributed by atoms with E-state index >= 15 is 0 Å². The maximum absolute atomic E-state index is 5.43. The number of halogens is 1.